The van der Waals surface area contributed by atoms with Gasteiger partial charge in [0, 0.05) is 20.1 Å². The van der Waals surface area contributed by atoms with Gasteiger partial charge in [0.1, 0.15) is 11.4 Å². The van der Waals surface area contributed by atoms with Gasteiger partial charge in [0.2, 0.25) is 0 Å². The highest BCUT2D eigenvalue weighted by Crippen LogP contribution is 2.39. The van der Waals surface area contributed by atoms with Crippen molar-refractivity contribution in [1.29, 1.82) is 0 Å². The highest BCUT2D eigenvalue weighted by molar-refractivity contribution is 9.10. The Morgan fingerprint density at radius 2 is 1.75 bits per heavy atom. The molecule has 0 bridgehead atoms. The lowest BCUT2D eigenvalue weighted by Gasteiger charge is -2.18. The zero-order valence-corrected chi connectivity index (χ0v) is 20.0. The molecule has 4 aromatic rings. The van der Waals surface area contributed by atoms with E-state index in [4.69, 9.17) is 21.3 Å². The number of anilines is 1. The Bertz CT molecular complexity index is 1410. The summed E-state index contributed by atoms with van der Waals surface area (Å²) in [5, 5.41) is 1.54. The first kappa shape index (κ1) is 20.9. The number of thiophene rings is 1. The van der Waals surface area contributed by atoms with Crippen molar-refractivity contribution in [1.82, 2.24) is 0 Å². The fraction of sp³-hybridized carbons (Fsp3) is 0.0400. The van der Waals surface area contributed by atoms with E-state index in [9.17, 15) is 4.79 Å². The Labute approximate surface area is 202 Å². The molecule has 1 aromatic heterocycles. The van der Waals surface area contributed by atoms with Crippen LogP contribution in [0.25, 0.3) is 16.2 Å². The molecule has 0 fully saturated rings. The minimum Gasteiger partial charge on any atom is -0.496 e. The van der Waals surface area contributed by atoms with Crippen molar-refractivity contribution in [2.24, 2.45) is 4.99 Å². The van der Waals surface area contributed by atoms with Gasteiger partial charge < -0.3 is 4.74 Å². The summed E-state index contributed by atoms with van der Waals surface area (Å²) in [7, 11) is 1.60. The van der Waals surface area contributed by atoms with Crippen molar-refractivity contribution in [3.8, 4) is 5.75 Å². The standard InChI is InChI=1S/C25H16BrClN2O2S/c1-31-20-8-4-2-6-15(20)14-19-25(30)29(17-12-10-16(26)11-13-17)24(28-19)23-22(27)18-7-3-5-9-21(18)32-23/h2-14H,1H3/b19-14+. The molecule has 0 saturated heterocycles. The summed E-state index contributed by atoms with van der Waals surface area (Å²) in [5.74, 6) is 0.970. The van der Waals surface area contributed by atoms with Crippen LogP contribution in [0.2, 0.25) is 5.02 Å². The molecule has 0 saturated carbocycles. The minimum absolute atomic E-state index is 0.221. The number of nitrogens with zero attached hydrogens (tertiary/aromatic N) is 2. The first-order chi connectivity index (χ1) is 15.6. The van der Waals surface area contributed by atoms with Gasteiger partial charge in [-0.05, 0) is 42.5 Å². The summed E-state index contributed by atoms with van der Waals surface area (Å²) in [6.45, 7) is 0. The van der Waals surface area contributed by atoms with Gasteiger partial charge in [0.25, 0.3) is 5.91 Å². The number of amides is 1. The lowest BCUT2D eigenvalue weighted by molar-refractivity contribution is -0.113. The van der Waals surface area contributed by atoms with Crippen LogP contribution in [0.3, 0.4) is 0 Å². The van der Waals surface area contributed by atoms with Gasteiger partial charge in [0.15, 0.2) is 5.84 Å². The lowest BCUT2D eigenvalue weighted by atomic mass is 10.1. The molecule has 5 rings (SSSR count). The molecule has 1 amide bonds. The number of carbonyl (C=O) groups is 1. The number of para-hydroxylation sites is 1. The van der Waals surface area contributed by atoms with Crippen LogP contribution in [-0.2, 0) is 4.79 Å². The normalized spacial score (nSPS) is 15.0. The summed E-state index contributed by atoms with van der Waals surface area (Å²) in [4.78, 5) is 20.7. The number of carbonyl (C=O) groups excluding carboxylic acids is 1. The van der Waals surface area contributed by atoms with E-state index < -0.39 is 0 Å². The minimum atomic E-state index is -0.221. The quantitative estimate of drug-likeness (QED) is 0.266. The Morgan fingerprint density at radius 1 is 1.03 bits per heavy atom. The number of hydrogen-bond acceptors (Lipinski definition) is 4. The monoisotopic (exact) mass is 522 g/mol. The molecular weight excluding hydrogens is 508 g/mol. The molecular formula is C25H16BrClN2O2S. The second-order valence-corrected chi connectivity index (χ2v) is 9.41. The molecule has 7 heteroatoms. The summed E-state index contributed by atoms with van der Waals surface area (Å²) < 4.78 is 7.41. The highest BCUT2D eigenvalue weighted by atomic mass is 79.9. The molecule has 0 N–H and O–H groups in total. The molecule has 0 aliphatic carbocycles. The van der Waals surface area contributed by atoms with E-state index in [2.05, 4.69) is 15.9 Å². The maximum atomic E-state index is 13.6. The van der Waals surface area contributed by atoms with Gasteiger partial charge in [-0.1, -0.05) is 63.9 Å². The zero-order chi connectivity index (χ0) is 22.2. The van der Waals surface area contributed by atoms with Crippen molar-refractivity contribution < 1.29 is 9.53 Å². The number of hydrogen-bond donors (Lipinski definition) is 0. The maximum Gasteiger partial charge on any atom is 0.282 e. The van der Waals surface area contributed by atoms with E-state index in [1.54, 1.807) is 18.1 Å². The number of ether oxygens (including phenoxy) is 1. The molecule has 158 valence electrons. The number of rotatable bonds is 4. The average Bonchev–Trinajstić information content (AvgIpc) is 3.32. The van der Waals surface area contributed by atoms with Gasteiger partial charge in [-0.25, -0.2) is 4.99 Å². The Morgan fingerprint density at radius 3 is 2.50 bits per heavy atom. The molecule has 0 atom stereocenters. The zero-order valence-electron chi connectivity index (χ0n) is 16.9. The van der Waals surface area contributed by atoms with E-state index in [0.29, 0.717) is 28.0 Å². The third-order valence-electron chi connectivity index (χ3n) is 5.11. The van der Waals surface area contributed by atoms with Crippen LogP contribution in [0.5, 0.6) is 5.75 Å². The van der Waals surface area contributed by atoms with E-state index in [0.717, 1.165) is 25.0 Å². The van der Waals surface area contributed by atoms with Gasteiger partial charge in [-0.15, -0.1) is 11.3 Å². The topological polar surface area (TPSA) is 41.9 Å². The van der Waals surface area contributed by atoms with Crippen molar-refractivity contribution in [3.05, 3.63) is 98.4 Å². The Balaban J connectivity index is 1.70. The first-order valence-corrected chi connectivity index (χ1v) is 11.8. The molecule has 0 spiro atoms. The van der Waals surface area contributed by atoms with Gasteiger partial charge in [-0.3, -0.25) is 9.69 Å². The number of amidine groups is 1. The van der Waals surface area contributed by atoms with Crippen molar-refractivity contribution >= 4 is 72.5 Å². The lowest BCUT2D eigenvalue weighted by Crippen LogP contribution is -2.32. The van der Waals surface area contributed by atoms with E-state index in [-0.39, 0.29) is 5.91 Å². The smallest absolute Gasteiger partial charge is 0.282 e. The van der Waals surface area contributed by atoms with Crippen LogP contribution in [-0.4, -0.2) is 18.9 Å². The summed E-state index contributed by atoms with van der Waals surface area (Å²) >= 11 is 11.7. The number of halogens is 2. The van der Waals surface area contributed by atoms with Crippen LogP contribution in [0.15, 0.2) is 88.0 Å². The first-order valence-electron chi connectivity index (χ1n) is 9.77. The molecule has 2 heterocycles. The Hall–Kier alpha value is -2.93. The predicted octanol–water partition coefficient (Wildman–Crippen LogP) is 7.16. The predicted molar refractivity (Wildman–Crippen MR) is 136 cm³/mol. The van der Waals surface area contributed by atoms with E-state index in [1.807, 2.05) is 72.8 Å². The number of aliphatic imine (C=N–C) groups is 1. The van der Waals surface area contributed by atoms with Crippen molar-refractivity contribution in [2.75, 3.05) is 12.0 Å². The van der Waals surface area contributed by atoms with Crippen LogP contribution in [0.1, 0.15) is 10.4 Å². The van der Waals surface area contributed by atoms with Crippen LogP contribution >= 0.6 is 38.9 Å². The summed E-state index contributed by atoms with van der Waals surface area (Å²) in [6, 6.07) is 23.0. The van der Waals surface area contributed by atoms with Crippen molar-refractivity contribution in [3.63, 3.8) is 0 Å². The van der Waals surface area contributed by atoms with Crippen LogP contribution in [0, 0.1) is 0 Å². The second-order valence-electron chi connectivity index (χ2n) is 7.07. The van der Waals surface area contributed by atoms with E-state index >= 15 is 0 Å². The number of benzene rings is 3. The largest absolute Gasteiger partial charge is 0.496 e. The van der Waals surface area contributed by atoms with Gasteiger partial charge in [-0.2, -0.15) is 0 Å². The molecule has 4 nitrogen and oxygen atoms in total. The molecule has 0 unspecified atom stereocenters. The third-order valence-corrected chi connectivity index (χ3v) is 7.31. The molecule has 1 aliphatic heterocycles. The molecule has 3 aromatic carbocycles. The number of fused-ring (bicyclic) bond motifs is 1. The fourth-order valence-corrected chi connectivity index (χ4v) is 5.35. The van der Waals surface area contributed by atoms with Gasteiger partial charge in [0.05, 0.1) is 22.7 Å². The van der Waals surface area contributed by atoms with Crippen LogP contribution in [0.4, 0.5) is 5.69 Å². The summed E-state index contributed by atoms with van der Waals surface area (Å²) in [5.41, 5.74) is 1.82. The molecule has 0 radical (unpaired) electrons. The van der Waals surface area contributed by atoms with Gasteiger partial charge >= 0.3 is 0 Å². The summed E-state index contributed by atoms with van der Waals surface area (Å²) in [6.07, 6.45) is 1.75. The van der Waals surface area contributed by atoms with Crippen molar-refractivity contribution in [2.45, 2.75) is 0 Å². The molecule has 32 heavy (non-hydrogen) atoms. The van der Waals surface area contributed by atoms with Crippen LogP contribution < -0.4 is 9.64 Å². The average molecular weight is 524 g/mol. The van der Waals surface area contributed by atoms with E-state index in [1.165, 1.54) is 11.3 Å². The highest BCUT2D eigenvalue weighted by Gasteiger charge is 2.35. The third kappa shape index (κ3) is 3.64. The maximum absolute atomic E-state index is 13.6. The number of methoxy groups -OCH3 is 1. The second kappa shape index (κ2) is 8.54. The SMILES string of the molecule is COc1ccccc1/C=C1/N=C(c2sc3ccccc3c2Cl)N(c2ccc(Br)cc2)C1=O. The Kier molecular flexibility index (Phi) is 5.59. The fourth-order valence-electron chi connectivity index (χ4n) is 3.59. The molecule has 1 aliphatic rings.